The van der Waals surface area contributed by atoms with Gasteiger partial charge in [-0.25, -0.2) is 4.79 Å². The van der Waals surface area contributed by atoms with Gasteiger partial charge >= 0.3 is 5.97 Å². The summed E-state index contributed by atoms with van der Waals surface area (Å²) in [5.74, 6) is 0.180. The predicted octanol–water partition coefficient (Wildman–Crippen LogP) is 2.13. The molecule has 0 aliphatic rings. The van der Waals surface area contributed by atoms with Crippen LogP contribution in [0.25, 0.3) is 11.1 Å². The van der Waals surface area contributed by atoms with Gasteiger partial charge in [0.05, 0.1) is 25.5 Å². The van der Waals surface area contributed by atoms with Crippen molar-refractivity contribution >= 4 is 11.7 Å². The second-order valence-corrected chi connectivity index (χ2v) is 3.87. The lowest BCUT2D eigenvalue weighted by Crippen LogP contribution is -2.04. The Morgan fingerprint density at radius 1 is 1.26 bits per heavy atom. The number of anilines is 1. The van der Waals surface area contributed by atoms with Crippen molar-refractivity contribution in [3.63, 3.8) is 0 Å². The number of methoxy groups -OCH3 is 2. The van der Waals surface area contributed by atoms with E-state index in [9.17, 15) is 4.79 Å². The van der Waals surface area contributed by atoms with Gasteiger partial charge in [0.25, 0.3) is 0 Å². The van der Waals surface area contributed by atoms with Crippen LogP contribution in [0.4, 0.5) is 5.69 Å². The zero-order valence-electron chi connectivity index (χ0n) is 10.7. The maximum Gasteiger partial charge on any atom is 0.338 e. The lowest BCUT2D eigenvalue weighted by molar-refractivity contribution is 0.0601. The number of hydrogen-bond donors (Lipinski definition) is 1. The van der Waals surface area contributed by atoms with E-state index in [0.717, 1.165) is 5.56 Å². The van der Waals surface area contributed by atoms with Gasteiger partial charge in [-0.15, -0.1) is 0 Å². The smallest absolute Gasteiger partial charge is 0.338 e. The van der Waals surface area contributed by atoms with E-state index in [2.05, 4.69) is 4.98 Å². The minimum atomic E-state index is -0.410. The molecule has 2 rings (SSSR count). The molecule has 5 nitrogen and oxygen atoms in total. The Morgan fingerprint density at radius 3 is 2.68 bits per heavy atom. The van der Waals surface area contributed by atoms with E-state index >= 15 is 0 Å². The number of esters is 1. The van der Waals surface area contributed by atoms with Gasteiger partial charge in [-0.05, 0) is 23.8 Å². The molecule has 0 bridgehead atoms. The highest BCUT2D eigenvalue weighted by Gasteiger charge is 2.14. The Hall–Kier alpha value is -2.56. The van der Waals surface area contributed by atoms with E-state index in [0.29, 0.717) is 22.6 Å². The van der Waals surface area contributed by atoms with Crippen LogP contribution < -0.4 is 10.5 Å². The summed E-state index contributed by atoms with van der Waals surface area (Å²) >= 11 is 0. The van der Waals surface area contributed by atoms with Crippen LogP contribution in [0.3, 0.4) is 0 Å². The maximum absolute atomic E-state index is 11.7. The van der Waals surface area contributed by atoms with Crippen LogP contribution in [0.15, 0.2) is 36.7 Å². The van der Waals surface area contributed by atoms with Gasteiger partial charge in [0.1, 0.15) is 5.75 Å². The Bertz CT molecular complexity index is 611. The third kappa shape index (κ3) is 2.49. The van der Waals surface area contributed by atoms with E-state index in [4.69, 9.17) is 15.2 Å². The van der Waals surface area contributed by atoms with Crippen LogP contribution in [0.2, 0.25) is 0 Å². The van der Waals surface area contributed by atoms with Gasteiger partial charge in [-0.2, -0.15) is 0 Å². The minimum absolute atomic E-state index is 0.410. The molecule has 0 aliphatic heterocycles. The van der Waals surface area contributed by atoms with E-state index in [1.807, 2.05) is 6.07 Å². The molecule has 0 spiro atoms. The van der Waals surface area contributed by atoms with Crippen molar-refractivity contribution in [2.24, 2.45) is 0 Å². The average Bonchev–Trinajstić information content (AvgIpc) is 2.46. The standard InChI is InChI=1S/C14H14N2O3/c1-18-13-4-3-9(7-12(13)15)11-8-16-6-5-10(11)14(17)19-2/h3-8H,15H2,1-2H3. The van der Waals surface area contributed by atoms with E-state index in [1.54, 1.807) is 37.7 Å². The summed E-state index contributed by atoms with van der Waals surface area (Å²) in [5, 5.41) is 0. The first-order valence-corrected chi connectivity index (χ1v) is 5.63. The van der Waals surface area contributed by atoms with Crippen LogP contribution in [0, 0.1) is 0 Å². The number of hydrogen-bond acceptors (Lipinski definition) is 5. The summed E-state index contributed by atoms with van der Waals surface area (Å²) in [7, 11) is 2.89. The van der Waals surface area contributed by atoms with Gasteiger partial charge < -0.3 is 15.2 Å². The van der Waals surface area contributed by atoms with Crippen molar-refractivity contribution in [1.82, 2.24) is 4.98 Å². The first-order valence-electron chi connectivity index (χ1n) is 5.63. The zero-order chi connectivity index (χ0) is 13.8. The number of pyridine rings is 1. The van der Waals surface area contributed by atoms with E-state index < -0.39 is 5.97 Å². The van der Waals surface area contributed by atoms with Crippen molar-refractivity contribution in [2.45, 2.75) is 0 Å². The molecule has 19 heavy (non-hydrogen) atoms. The fraction of sp³-hybridized carbons (Fsp3) is 0.143. The summed E-state index contributed by atoms with van der Waals surface area (Å²) < 4.78 is 9.85. The highest BCUT2D eigenvalue weighted by Crippen LogP contribution is 2.30. The first kappa shape index (κ1) is 12.9. The number of nitrogen functional groups attached to an aromatic ring is 1. The van der Waals surface area contributed by atoms with E-state index in [-0.39, 0.29) is 0 Å². The second kappa shape index (κ2) is 5.39. The van der Waals surface area contributed by atoms with E-state index in [1.165, 1.54) is 7.11 Å². The summed E-state index contributed by atoms with van der Waals surface area (Å²) in [6.07, 6.45) is 3.15. The van der Waals surface area contributed by atoms with Gasteiger partial charge in [0, 0.05) is 18.0 Å². The third-order valence-corrected chi connectivity index (χ3v) is 2.77. The van der Waals surface area contributed by atoms with Gasteiger partial charge in [-0.3, -0.25) is 4.98 Å². The zero-order valence-corrected chi connectivity index (χ0v) is 10.7. The van der Waals surface area contributed by atoms with Crippen molar-refractivity contribution in [3.8, 4) is 16.9 Å². The molecule has 2 aromatic rings. The lowest BCUT2D eigenvalue weighted by Gasteiger charge is -2.10. The normalized spacial score (nSPS) is 10.0. The topological polar surface area (TPSA) is 74.4 Å². The number of benzene rings is 1. The molecule has 98 valence electrons. The summed E-state index contributed by atoms with van der Waals surface area (Å²) in [6.45, 7) is 0. The molecule has 0 aliphatic carbocycles. The Morgan fingerprint density at radius 2 is 2.05 bits per heavy atom. The summed E-state index contributed by atoms with van der Waals surface area (Å²) in [5.41, 5.74) is 8.27. The molecular formula is C14H14N2O3. The highest BCUT2D eigenvalue weighted by molar-refractivity contribution is 5.97. The fourth-order valence-electron chi connectivity index (χ4n) is 1.81. The van der Waals surface area contributed by atoms with Crippen LogP contribution in [-0.2, 0) is 4.74 Å². The molecule has 0 unspecified atom stereocenters. The number of nitrogens with zero attached hydrogens (tertiary/aromatic N) is 1. The Labute approximate surface area is 111 Å². The van der Waals surface area contributed by atoms with Gasteiger partial charge in [0.15, 0.2) is 0 Å². The predicted molar refractivity (Wildman–Crippen MR) is 72.0 cm³/mol. The molecule has 0 saturated carbocycles. The van der Waals surface area contributed by atoms with Crippen molar-refractivity contribution in [3.05, 3.63) is 42.2 Å². The molecule has 2 N–H and O–H groups in total. The van der Waals surface area contributed by atoms with Crippen molar-refractivity contribution < 1.29 is 14.3 Å². The Balaban J connectivity index is 2.53. The number of nitrogens with two attached hydrogens (primary N) is 1. The van der Waals surface area contributed by atoms with Crippen molar-refractivity contribution in [1.29, 1.82) is 0 Å². The minimum Gasteiger partial charge on any atom is -0.495 e. The molecule has 0 atom stereocenters. The number of ether oxygens (including phenoxy) is 2. The quantitative estimate of drug-likeness (QED) is 0.674. The number of carbonyl (C=O) groups excluding carboxylic acids is 1. The number of carbonyl (C=O) groups is 1. The molecular weight excluding hydrogens is 244 g/mol. The molecule has 0 amide bonds. The van der Waals surface area contributed by atoms with Crippen LogP contribution in [0.1, 0.15) is 10.4 Å². The summed E-state index contributed by atoms with van der Waals surface area (Å²) in [6, 6.07) is 6.92. The molecule has 1 aromatic carbocycles. The molecule has 0 saturated heterocycles. The van der Waals surface area contributed by atoms with Gasteiger partial charge in [0.2, 0.25) is 0 Å². The third-order valence-electron chi connectivity index (χ3n) is 2.77. The number of aromatic nitrogens is 1. The second-order valence-electron chi connectivity index (χ2n) is 3.87. The fourth-order valence-corrected chi connectivity index (χ4v) is 1.81. The summed E-state index contributed by atoms with van der Waals surface area (Å²) in [4.78, 5) is 15.7. The van der Waals surface area contributed by atoms with Gasteiger partial charge in [-0.1, -0.05) is 6.07 Å². The van der Waals surface area contributed by atoms with Crippen LogP contribution >= 0.6 is 0 Å². The molecule has 1 heterocycles. The number of rotatable bonds is 3. The molecule has 0 radical (unpaired) electrons. The average molecular weight is 258 g/mol. The maximum atomic E-state index is 11.7. The molecule has 1 aromatic heterocycles. The SMILES string of the molecule is COC(=O)c1ccncc1-c1ccc(OC)c(N)c1. The van der Waals surface area contributed by atoms with Crippen LogP contribution in [-0.4, -0.2) is 25.2 Å². The molecule has 0 fully saturated rings. The molecule has 5 heteroatoms. The van der Waals surface area contributed by atoms with Crippen molar-refractivity contribution in [2.75, 3.05) is 20.0 Å². The van der Waals surface area contributed by atoms with Crippen LogP contribution in [0.5, 0.6) is 5.75 Å². The first-order chi connectivity index (χ1) is 9.17. The highest BCUT2D eigenvalue weighted by atomic mass is 16.5. The largest absolute Gasteiger partial charge is 0.495 e. The lowest BCUT2D eigenvalue weighted by atomic mass is 10.0. The monoisotopic (exact) mass is 258 g/mol. The Kier molecular flexibility index (Phi) is 3.66.